The molecular weight excluding hydrogens is 380 g/mol. The van der Waals surface area contributed by atoms with Gasteiger partial charge in [-0.2, -0.15) is 0 Å². The fourth-order valence-electron chi connectivity index (χ4n) is 4.55. The van der Waals surface area contributed by atoms with E-state index >= 15 is 0 Å². The van der Waals surface area contributed by atoms with Gasteiger partial charge in [0.05, 0.1) is 17.2 Å². The maximum Gasteiger partial charge on any atom is 0.255 e. The number of hydrogen-bond acceptors (Lipinski definition) is 6. The first-order valence-electron chi connectivity index (χ1n) is 10.2. The summed E-state index contributed by atoms with van der Waals surface area (Å²) in [6.07, 6.45) is 5.61. The maximum absolute atomic E-state index is 13.5. The molecule has 3 aromatic rings. The number of aromatic nitrogens is 3. The summed E-state index contributed by atoms with van der Waals surface area (Å²) in [6.45, 7) is 5.83. The molecule has 1 amide bonds. The zero-order valence-electron chi connectivity index (χ0n) is 17.3. The van der Waals surface area contributed by atoms with Gasteiger partial charge in [0, 0.05) is 42.6 Å². The van der Waals surface area contributed by atoms with E-state index in [0.29, 0.717) is 29.8 Å². The number of benzene rings is 1. The van der Waals surface area contributed by atoms with Crippen molar-refractivity contribution in [2.75, 3.05) is 0 Å². The minimum Gasteiger partial charge on any atom is -0.421 e. The maximum atomic E-state index is 13.5. The van der Waals surface area contributed by atoms with Crippen molar-refractivity contribution >= 4 is 5.91 Å². The Kier molecular flexibility index (Phi) is 4.25. The standard InChI is InChI=1S/C23H24N4O3/c1-13-25-26-21(30-13)16-8-4-14(5-9-16)18-11-24-10-17-12-27(22(28)19(17)18)20(15-6-7-15)23(2,3)29/h4-5,8-11,15,20,29H,6-7,12H2,1-3H3. The first-order chi connectivity index (χ1) is 14.3. The second-order valence-electron chi connectivity index (χ2n) is 8.79. The average Bonchev–Trinajstić information content (AvgIpc) is 3.35. The molecule has 0 radical (unpaired) electrons. The largest absolute Gasteiger partial charge is 0.421 e. The third-order valence-electron chi connectivity index (χ3n) is 5.94. The number of fused-ring (bicyclic) bond motifs is 1. The van der Waals surface area contributed by atoms with E-state index in [9.17, 15) is 9.90 Å². The number of aryl methyl sites for hydroxylation is 1. The van der Waals surface area contributed by atoms with Gasteiger partial charge in [-0.3, -0.25) is 9.78 Å². The second kappa shape index (κ2) is 6.74. The molecule has 0 bridgehead atoms. The van der Waals surface area contributed by atoms with Gasteiger partial charge in [-0.05, 0) is 50.3 Å². The molecule has 1 saturated carbocycles. The molecule has 1 atom stereocenters. The van der Waals surface area contributed by atoms with E-state index in [1.54, 1.807) is 33.2 Å². The van der Waals surface area contributed by atoms with E-state index < -0.39 is 5.60 Å². The average molecular weight is 404 g/mol. The highest BCUT2D eigenvalue weighted by atomic mass is 16.4. The molecule has 1 aromatic carbocycles. The van der Waals surface area contributed by atoms with E-state index in [1.165, 1.54) is 0 Å². The van der Waals surface area contributed by atoms with E-state index in [-0.39, 0.29) is 11.9 Å². The number of hydrogen-bond donors (Lipinski definition) is 1. The lowest BCUT2D eigenvalue weighted by Crippen LogP contribution is -2.51. The Morgan fingerprint density at radius 3 is 2.43 bits per heavy atom. The van der Waals surface area contributed by atoms with Crippen molar-refractivity contribution in [3.05, 3.63) is 53.7 Å². The van der Waals surface area contributed by atoms with Gasteiger partial charge in [-0.15, -0.1) is 10.2 Å². The summed E-state index contributed by atoms with van der Waals surface area (Å²) in [5.74, 6) is 1.31. The minimum atomic E-state index is -0.948. The molecule has 2 aromatic heterocycles. The lowest BCUT2D eigenvalue weighted by atomic mass is 9.93. The Hall–Kier alpha value is -3.06. The van der Waals surface area contributed by atoms with Crippen molar-refractivity contribution in [2.24, 2.45) is 5.92 Å². The van der Waals surface area contributed by atoms with E-state index in [4.69, 9.17) is 4.42 Å². The molecule has 0 saturated heterocycles. The Morgan fingerprint density at radius 1 is 1.13 bits per heavy atom. The second-order valence-corrected chi connectivity index (χ2v) is 8.79. The van der Waals surface area contributed by atoms with Crippen molar-refractivity contribution in [1.82, 2.24) is 20.1 Å². The minimum absolute atomic E-state index is 0.0296. The van der Waals surface area contributed by atoms with Crippen LogP contribution in [0.15, 0.2) is 41.1 Å². The number of aliphatic hydroxyl groups is 1. The van der Waals surface area contributed by atoms with Crippen LogP contribution in [-0.2, 0) is 6.54 Å². The SMILES string of the molecule is Cc1nnc(-c2ccc(-c3cncc4c3C(=O)N(C(C3CC3)C(C)(C)O)C4)cc2)o1. The van der Waals surface area contributed by atoms with Crippen LogP contribution < -0.4 is 0 Å². The van der Waals surface area contributed by atoms with E-state index in [2.05, 4.69) is 15.2 Å². The highest BCUT2D eigenvalue weighted by molar-refractivity contribution is 6.04. The smallest absolute Gasteiger partial charge is 0.255 e. The molecule has 1 aliphatic carbocycles. The predicted molar refractivity (Wildman–Crippen MR) is 110 cm³/mol. The van der Waals surface area contributed by atoms with Crippen LogP contribution in [0.2, 0.25) is 0 Å². The lowest BCUT2D eigenvalue weighted by Gasteiger charge is -2.37. The zero-order chi connectivity index (χ0) is 21.0. The van der Waals surface area contributed by atoms with Crippen molar-refractivity contribution < 1.29 is 14.3 Å². The summed E-state index contributed by atoms with van der Waals surface area (Å²) in [5, 5.41) is 18.7. The molecule has 3 heterocycles. The third kappa shape index (κ3) is 3.19. The van der Waals surface area contributed by atoms with Gasteiger partial charge in [0.1, 0.15) is 0 Å². The van der Waals surface area contributed by atoms with Crippen LogP contribution in [0, 0.1) is 12.8 Å². The summed E-state index contributed by atoms with van der Waals surface area (Å²) in [7, 11) is 0. The highest BCUT2D eigenvalue weighted by Crippen LogP contribution is 2.44. The van der Waals surface area contributed by atoms with Crippen molar-refractivity contribution in [3.8, 4) is 22.6 Å². The number of carbonyl (C=O) groups excluding carboxylic acids is 1. The quantitative estimate of drug-likeness (QED) is 0.698. The Bertz CT molecular complexity index is 1110. The van der Waals surface area contributed by atoms with E-state index in [0.717, 1.165) is 35.1 Å². The zero-order valence-corrected chi connectivity index (χ0v) is 17.3. The van der Waals surface area contributed by atoms with Crippen LogP contribution in [0.25, 0.3) is 22.6 Å². The topological polar surface area (TPSA) is 92.4 Å². The van der Waals surface area contributed by atoms with Gasteiger partial charge in [0.15, 0.2) is 0 Å². The predicted octanol–water partition coefficient (Wildman–Crippen LogP) is 3.61. The lowest BCUT2D eigenvalue weighted by molar-refractivity contribution is -0.0224. The summed E-state index contributed by atoms with van der Waals surface area (Å²) in [4.78, 5) is 19.7. The number of nitrogens with zero attached hydrogens (tertiary/aromatic N) is 4. The summed E-state index contributed by atoms with van der Waals surface area (Å²) < 4.78 is 5.49. The molecule has 2 aliphatic rings. The Labute approximate surface area is 174 Å². The first kappa shape index (κ1) is 18.9. The van der Waals surface area contributed by atoms with Crippen LogP contribution in [0.1, 0.15) is 48.5 Å². The Morgan fingerprint density at radius 2 is 1.83 bits per heavy atom. The van der Waals surface area contributed by atoms with Gasteiger partial charge >= 0.3 is 0 Å². The van der Waals surface area contributed by atoms with E-state index in [1.807, 2.05) is 29.2 Å². The number of rotatable bonds is 5. The third-order valence-corrected chi connectivity index (χ3v) is 5.94. The summed E-state index contributed by atoms with van der Waals surface area (Å²) in [6, 6.07) is 7.51. The van der Waals surface area contributed by atoms with Crippen molar-refractivity contribution in [3.63, 3.8) is 0 Å². The van der Waals surface area contributed by atoms with Crippen LogP contribution in [0.4, 0.5) is 0 Å². The molecule has 0 spiro atoms. The summed E-state index contributed by atoms with van der Waals surface area (Å²) in [5.41, 5.74) is 3.17. The van der Waals surface area contributed by atoms with Crippen LogP contribution in [0.5, 0.6) is 0 Å². The number of pyridine rings is 1. The molecule has 5 rings (SSSR count). The molecular formula is C23H24N4O3. The molecule has 1 fully saturated rings. The van der Waals surface area contributed by atoms with Gasteiger partial charge in [-0.25, -0.2) is 0 Å². The number of amides is 1. The molecule has 1 unspecified atom stereocenters. The first-order valence-corrected chi connectivity index (χ1v) is 10.2. The molecule has 1 aliphatic heterocycles. The van der Waals surface area contributed by atoms with Crippen molar-refractivity contribution in [2.45, 2.75) is 51.8 Å². The fraction of sp³-hybridized carbons (Fsp3) is 0.391. The van der Waals surface area contributed by atoms with Crippen LogP contribution >= 0.6 is 0 Å². The van der Waals surface area contributed by atoms with Crippen molar-refractivity contribution in [1.29, 1.82) is 0 Å². The summed E-state index contributed by atoms with van der Waals surface area (Å²) >= 11 is 0. The van der Waals surface area contributed by atoms with Crippen LogP contribution in [0.3, 0.4) is 0 Å². The molecule has 1 N–H and O–H groups in total. The van der Waals surface area contributed by atoms with Gasteiger partial charge < -0.3 is 14.4 Å². The Balaban J connectivity index is 1.49. The number of carbonyl (C=O) groups is 1. The highest BCUT2D eigenvalue weighted by Gasteiger charge is 2.48. The fourth-order valence-corrected chi connectivity index (χ4v) is 4.55. The molecule has 7 nitrogen and oxygen atoms in total. The van der Waals surface area contributed by atoms with Crippen LogP contribution in [-0.4, -0.2) is 42.7 Å². The van der Waals surface area contributed by atoms with Gasteiger partial charge in [0.25, 0.3) is 5.91 Å². The molecule has 7 heteroatoms. The normalized spacial score (nSPS) is 17.3. The van der Waals surface area contributed by atoms with Gasteiger partial charge in [0.2, 0.25) is 11.8 Å². The molecule has 154 valence electrons. The molecule has 30 heavy (non-hydrogen) atoms. The monoisotopic (exact) mass is 404 g/mol. The van der Waals surface area contributed by atoms with Gasteiger partial charge in [-0.1, -0.05) is 12.1 Å².